The first-order valence-electron chi connectivity index (χ1n) is 34.7. The topological polar surface area (TPSA) is 201 Å². The van der Waals surface area contributed by atoms with Gasteiger partial charge in [-0.3, -0.25) is 38.5 Å². The molecule has 14 rings (SSSR count). The molecule has 0 fully saturated rings. The third-order valence-electron chi connectivity index (χ3n) is 16.4. The number of aliphatic hydroxyl groups is 4. The van der Waals surface area contributed by atoms with Crippen LogP contribution in [0.1, 0.15) is 108 Å². The van der Waals surface area contributed by atoms with Gasteiger partial charge in [0, 0.05) is 134 Å². The molecule has 18 heteroatoms. The largest absolute Gasteiger partial charge is 0.512 e. The van der Waals surface area contributed by atoms with Crippen LogP contribution in [0.25, 0.3) is 99.5 Å². The van der Waals surface area contributed by atoms with E-state index in [1.807, 2.05) is 92.0 Å². The number of aliphatic hydroxyl groups excluding tert-OH is 4. The van der Waals surface area contributed by atoms with E-state index in [0.29, 0.717) is 11.1 Å². The molecule has 12 nitrogen and oxygen atoms in total. The predicted octanol–water partition coefficient (Wildman–Crippen LogP) is 23.1. The number of carbonyl (C=O) groups is 4. The molecule has 112 heavy (non-hydrogen) atoms. The van der Waals surface area contributed by atoms with Crippen LogP contribution in [0.2, 0.25) is 0 Å². The average molecular weight is 2210 g/mol. The SMILES string of the molecule is CC(=O)C=C(C)O.CC(=O)C=C(C)O.CC(=O)C=C(C)O.CC(=O)C=C(C)O.CC1(C)c2ccccc2-c2c[c-]c(-c3ccc4ccccc4n3)cc21.Cc1[c-]c(-c2ccc3cc(F)c(C)cc3n2)cc(C)c1.Cc1cc(-c2nccc3ccccc23)[c-]cc1F.Cc1cc2ccccc2[c-]c1-c1ccccn1.[Ir].[Ir].[Ir].[Ir]. The molecule has 4 heterocycles. The molecule has 0 aliphatic heterocycles. The second kappa shape index (κ2) is 46.0. The molecular weight excluding hydrogens is 2120 g/mol. The molecule has 4 N–H and O–H groups in total. The fraction of sp³-hybridized carbons (Fsp3) is 0.170. The van der Waals surface area contributed by atoms with Crippen LogP contribution in [0.15, 0.2) is 260 Å². The number of hydrogen-bond donors (Lipinski definition) is 4. The number of ketones is 4. The number of rotatable bonds is 8. The zero-order valence-corrected chi connectivity index (χ0v) is 74.4. The maximum atomic E-state index is 13.5. The molecule has 0 unspecified atom stereocenters. The third-order valence-corrected chi connectivity index (χ3v) is 16.4. The van der Waals surface area contributed by atoms with Gasteiger partial charge in [0.15, 0.2) is 23.1 Å². The second-order valence-electron chi connectivity index (χ2n) is 26.5. The molecule has 0 spiro atoms. The number of aryl methyl sites for hydroxylation is 5. The zero-order chi connectivity index (χ0) is 78.9. The van der Waals surface area contributed by atoms with Crippen molar-refractivity contribution in [3.05, 3.63) is 335 Å². The Morgan fingerprint density at radius 1 is 0.402 bits per heavy atom. The van der Waals surface area contributed by atoms with E-state index in [1.165, 1.54) is 136 Å². The van der Waals surface area contributed by atoms with Crippen LogP contribution in [-0.2, 0) is 105 Å². The Labute approximate surface area is 709 Å². The first kappa shape index (κ1) is 96.1. The van der Waals surface area contributed by atoms with E-state index < -0.39 is 0 Å². The standard InChI is InChI=1S/C24H18N.C18H15FN.C16H11FN.C16H12N.4C5H8O2.4Ir/c1-24(2)20-9-5-4-8-18(20)19-13-11-17(15-21(19)24)23-14-12-16-7-3-6-10-22(16)25-23;1-11-6-12(2)8-15(7-11)17-5-4-14-10-16(19)13(3)9-18(14)20-17;1-11-10-13(6-7-15(11)17)16-14-5-3-2-4-12(14)8-9-18-16;1-12-10-13-6-2-3-7-14(13)11-15(12)16-8-4-5-9-17-16;4*1-4(6)3-5(2)7;;;;/h3-10,12-15H,1-2H3;4-7,9-10H,1-3H3;2-5,7-10H,1H3;2-10H,1H3;4*3,6H,1-2H3;;;;/q4*-1;;;;;;;;. The summed E-state index contributed by atoms with van der Waals surface area (Å²) in [6.07, 6.45) is 8.25. The maximum absolute atomic E-state index is 13.5. The number of aromatic nitrogens is 4. The summed E-state index contributed by atoms with van der Waals surface area (Å²) in [5.74, 6) is -0.677. The molecular formula is C94H88F2Ir4N4O8-4. The predicted molar refractivity (Wildman–Crippen MR) is 433 cm³/mol. The average Bonchev–Trinajstić information content (AvgIpc) is 1.58. The van der Waals surface area contributed by atoms with E-state index in [1.54, 1.807) is 32.2 Å². The smallest absolute Gasteiger partial charge is 0.155 e. The third kappa shape index (κ3) is 28.9. The minimum absolute atomic E-state index is 0. The molecule has 13 aromatic rings. The zero-order valence-electron chi connectivity index (χ0n) is 64.8. The van der Waals surface area contributed by atoms with Gasteiger partial charge in [-0.1, -0.05) is 191 Å². The summed E-state index contributed by atoms with van der Waals surface area (Å²) in [7, 11) is 0. The van der Waals surface area contributed by atoms with E-state index in [0.717, 1.165) is 83.2 Å². The van der Waals surface area contributed by atoms with Crippen LogP contribution in [0, 0.1) is 70.5 Å². The fourth-order valence-corrected chi connectivity index (χ4v) is 11.7. The van der Waals surface area contributed by atoms with Gasteiger partial charge in [-0.05, 0) is 142 Å². The van der Waals surface area contributed by atoms with Crippen molar-refractivity contribution in [2.24, 2.45) is 0 Å². The van der Waals surface area contributed by atoms with E-state index in [2.05, 4.69) is 164 Å². The summed E-state index contributed by atoms with van der Waals surface area (Å²) in [4.78, 5) is 58.3. The Bertz CT molecular complexity index is 5400. The van der Waals surface area contributed by atoms with Gasteiger partial charge in [-0.25, -0.2) is 4.39 Å². The molecule has 0 saturated carbocycles. The normalized spacial score (nSPS) is 11.4. The van der Waals surface area contributed by atoms with Crippen molar-refractivity contribution in [1.82, 2.24) is 19.9 Å². The van der Waals surface area contributed by atoms with Crippen molar-refractivity contribution in [2.75, 3.05) is 0 Å². The second-order valence-corrected chi connectivity index (χ2v) is 26.5. The van der Waals surface area contributed by atoms with Gasteiger partial charge in [0.1, 0.15) is 5.82 Å². The van der Waals surface area contributed by atoms with Crippen molar-refractivity contribution >= 4 is 66.5 Å². The van der Waals surface area contributed by atoms with Crippen LogP contribution in [0.3, 0.4) is 0 Å². The first-order valence-corrected chi connectivity index (χ1v) is 34.7. The van der Waals surface area contributed by atoms with Gasteiger partial charge in [0.25, 0.3) is 0 Å². The fourth-order valence-electron chi connectivity index (χ4n) is 11.7. The number of pyridine rings is 4. The van der Waals surface area contributed by atoms with Crippen LogP contribution in [0.4, 0.5) is 8.78 Å². The quantitative estimate of drug-likeness (QED) is 0.0638. The summed E-state index contributed by atoms with van der Waals surface area (Å²) in [5, 5.41) is 40.0. The Morgan fingerprint density at radius 2 is 0.920 bits per heavy atom. The minimum Gasteiger partial charge on any atom is -0.512 e. The van der Waals surface area contributed by atoms with Crippen molar-refractivity contribution < 1.29 is 129 Å². The number of carbonyl (C=O) groups excluding carboxylic acids is 4. The molecule has 0 amide bonds. The number of nitrogens with zero attached hydrogens (tertiary/aromatic N) is 4. The van der Waals surface area contributed by atoms with Gasteiger partial charge in [-0.2, -0.15) is 0 Å². The molecule has 0 bridgehead atoms. The Hall–Kier alpha value is -10.1. The summed E-state index contributed by atoms with van der Waals surface area (Å²) in [6.45, 7) is 25.7. The number of halogens is 2. The number of allylic oxidation sites excluding steroid dienone is 8. The van der Waals surface area contributed by atoms with Crippen LogP contribution in [0.5, 0.6) is 0 Å². The van der Waals surface area contributed by atoms with Crippen molar-refractivity contribution in [2.45, 2.75) is 109 Å². The van der Waals surface area contributed by atoms with Gasteiger partial charge >= 0.3 is 0 Å². The molecule has 4 radical (unpaired) electrons. The number of benzene rings is 9. The van der Waals surface area contributed by atoms with Crippen LogP contribution >= 0.6 is 0 Å². The minimum atomic E-state index is -0.237. The van der Waals surface area contributed by atoms with Crippen molar-refractivity contribution in [3.63, 3.8) is 0 Å². The Kier molecular flexibility index (Phi) is 39.5. The molecule has 1 aliphatic carbocycles. The summed E-state index contributed by atoms with van der Waals surface area (Å²) in [6, 6.07) is 79.6. The molecule has 1 aliphatic rings. The molecule has 586 valence electrons. The van der Waals surface area contributed by atoms with E-state index in [-0.39, 0.29) is 144 Å². The summed E-state index contributed by atoms with van der Waals surface area (Å²) < 4.78 is 26.8. The molecule has 0 atom stereocenters. The summed E-state index contributed by atoms with van der Waals surface area (Å²) >= 11 is 0. The maximum Gasteiger partial charge on any atom is 0.155 e. The van der Waals surface area contributed by atoms with Gasteiger partial charge in [0.05, 0.1) is 34.1 Å². The van der Waals surface area contributed by atoms with E-state index in [9.17, 15) is 28.0 Å². The van der Waals surface area contributed by atoms with Crippen LogP contribution < -0.4 is 0 Å². The monoisotopic (exact) mass is 2210 g/mol. The molecule has 4 aromatic heterocycles. The Morgan fingerprint density at radius 3 is 1.49 bits per heavy atom. The van der Waals surface area contributed by atoms with Crippen molar-refractivity contribution in [3.8, 4) is 56.2 Å². The van der Waals surface area contributed by atoms with Gasteiger partial charge < -0.3 is 25.4 Å². The van der Waals surface area contributed by atoms with Crippen molar-refractivity contribution in [1.29, 1.82) is 0 Å². The molecule has 9 aromatic carbocycles. The number of para-hydroxylation sites is 1. The van der Waals surface area contributed by atoms with Crippen LogP contribution in [-0.4, -0.2) is 63.5 Å². The van der Waals surface area contributed by atoms with Gasteiger partial charge in [-0.15, -0.1) is 117 Å². The number of fused-ring (bicyclic) bond motifs is 7. The van der Waals surface area contributed by atoms with E-state index >= 15 is 0 Å². The Balaban J connectivity index is 0.000000346. The van der Waals surface area contributed by atoms with Gasteiger partial charge in [0.2, 0.25) is 0 Å². The number of hydrogen-bond acceptors (Lipinski definition) is 12. The summed E-state index contributed by atoms with van der Waals surface area (Å²) in [5.41, 5.74) is 19.6. The van der Waals surface area contributed by atoms with E-state index in [4.69, 9.17) is 25.4 Å². The first-order chi connectivity index (χ1) is 51.3. The molecule has 0 saturated heterocycles.